The van der Waals surface area contributed by atoms with Crippen LogP contribution in [0.25, 0.3) is 0 Å². The van der Waals surface area contributed by atoms with Gasteiger partial charge in [-0.2, -0.15) is 0 Å². The summed E-state index contributed by atoms with van der Waals surface area (Å²) in [6.07, 6.45) is 1.01. The maximum absolute atomic E-state index is 12.6. The van der Waals surface area contributed by atoms with Gasteiger partial charge in [-0.1, -0.05) is 12.1 Å². The topological polar surface area (TPSA) is 87.7 Å². The van der Waals surface area contributed by atoms with E-state index >= 15 is 0 Å². The van der Waals surface area contributed by atoms with Crippen LogP contribution < -0.4 is 15.4 Å². The second kappa shape index (κ2) is 6.97. The maximum Gasteiger partial charge on any atom is 0.258 e. The van der Waals surface area contributed by atoms with E-state index in [0.29, 0.717) is 30.7 Å². The van der Waals surface area contributed by atoms with Gasteiger partial charge in [-0.15, -0.1) is 0 Å². The summed E-state index contributed by atoms with van der Waals surface area (Å²) >= 11 is 0. The molecule has 2 atom stereocenters. The summed E-state index contributed by atoms with van der Waals surface area (Å²) in [5.74, 6) is 0.0503. The lowest BCUT2D eigenvalue weighted by atomic mass is 10.0. The molecule has 0 saturated carbocycles. The van der Waals surface area contributed by atoms with Crippen molar-refractivity contribution in [1.29, 1.82) is 0 Å². The third kappa shape index (κ3) is 3.52. The van der Waals surface area contributed by atoms with Crippen LogP contribution in [-0.4, -0.2) is 47.0 Å². The maximum atomic E-state index is 12.6. The number of amides is 3. The minimum atomic E-state index is -0.913. The van der Waals surface area contributed by atoms with Crippen LogP contribution in [0.4, 0.5) is 0 Å². The molecule has 2 heterocycles. The summed E-state index contributed by atoms with van der Waals surface area (Å²) in [6.45, 7) is 5.83. The highest BCUT2D eigenvalue weighted by Crippen LogP contribution is 2.33. The highest BCUT2D eigenvalue weighted by Gasteiger charge is 2.43. The van der Waals surface area contributed by atoms with Crippen LogP contribution in [0.2, 0.25) is 0 Å². The number of hydrogen-bond donors (Lipinski definition) is 2. The van der Waals surface area contributed by atoms with Crippen molar-refractivity contribution in [3.63, 3.8) is 0 Å². The first kappa shape index (κ1) is 18.2. The standard InChI is InChI=1S/C19H25N3O4/c1-12(2)20-17(24)13(3)22-11-10-19(9-8-16(22)23)21-18(25)14-6-4-5-7-15(14)26-19/h4-7,12-13H,8-11H2,1-3H3,(H,20,24)(H,21,25)/t13-,19+/m1/s1. The van der Waals surface area contributed by atoms with Crippen molar-refractivity contribution in [2.45, 2.75) is 57.8 Å². The van der Waals surface area contributed by atoms with Gasteiger partial charge in [0.15, 0.2) is 5.72 Å². The number of hydrogen-bond acceptors (Lipinski definition) is 4. The van der Waals surface area contributed by atoms with Crippen LogP contribution in [-0.2, 0) is 9.59 Å². The number of nitrogens with one attached hydrogen (secondary N) is 2. The molecule has 1 fully saturated rings. The number of ether oxygens (including phenoxy) is 1. The molecule has 7 heteroatoms. The monoisotopic (exact) mass is 359 g/mol. The number of likely N-dealkylation sites (tertiary alicyclic amines) is 1. The van der Waals surface area contributed by atoms with E-state index in [4.69, 9.17) is 4.74 Å². The highest BCUT2D eigenvalue weighted by atomic mass is 16.5. The summed E-state index contributed by atoms with van der Waals surface area (Å²) in [5.41, 5.74) is -0.417. The van der Waals surface area contributed by atoms with Crippen LogP contribution in [0.1, 0.15) is 50.4 Å². The Morgan fingerprint density at radius 3 is 2.69 bits per heavy atom. The minimum Gasteiger partial charge on any atom is -0.467 e. The van der Waals surface area contributed by atoms with Crippen LogP contribution in [0.3, 0.4) is 0 Å². The van der Waals surface area contributed by atoms with Gasteiger partial charge >= 0.3 is 0 Å². The van der Waals surface area contributed by atoms with Gasteiger partial charge in [-0.3, -0.25) is 14.4 Å². The third-order valence-electron chi connectivity index (χ3n) is 4.88. The number of carbonyl (C=O) groups excluding carboxylic acids is 3. The predicted molar refractivity (Wildman–Crippen MR) is 95.6 cm³/mol. The molecule has 2 N–H and O–H groups in total. The van der Waals surface area contributed by atoms with Crippen LogP contribution in [0.5, 0.6) is 5.75 Å². The van der Waals surface area contributed by atoms with Crippen molar-refractivity contribution < 1.29 is 19.1 Å². The lowest BCUT2D eigenvalue weighted by molar-refractivity contribution is -0.139. The molecule has 0 radical (unpaired) electrons. The van der Waals surface area contributed by atoms with Crippen molar-refractivity contribution in [1.82, 2.24) is 15.5 Å². The fraction of sp³-hybridized carbons (Fsp3) is 0.526. The van der Waals surface area contributed by atoms with Gasteiger partial charge in [0.05, 0.1) is 5.56 Å². The van der Waals surface area contributed by atoms with Gasteiger partial charge in [0.25, 0.3) is 5.91 Å². The fourth-order valence-electron chi connectivity index (χ4n) is 3.44. The Morgan fingerprint density at radius 2 is 1.96 bits per heavy atom. The van der Waals surface area contributed by atoms with E-state index in [1.807, 2.05) is 19.9 Å². The SMILES string of the molecule is CC(C)NC(=O)[C@@H](C)N1CC[C@@]2(CCC1=O)NC(=O)c1ccccc1O2. The van der Waals surface area contributed by atoms with Gasteiger partial charge in [-0.05, 0) is 32.9 Å². The molecule has 3 rings (SSSR count). The summed E-state index contributed by atoms with van der Waals surface area (Å²) in [5, 5.41) is 5.77. The summed E-state index contributed by atoms with van der Waals surface area (Å²) in [6, 6.07) is 6.52. The lowest BCUT2D eigenvalue weighted by Gasteiger charge is -2.38. The summed E-state index contributed by atoms with van der Waals surface area (Å²) < 4.78 is 6.10. The van der Waals surface area contributed by atoms with Gasteiger partial charge in [0.2, 0.25) is 11.8 Å². The lowest BCUT2D eigenvalue weighted by Crippen LogP contribution is -2.56. The van der Waals surface area contributed by atoms with Crippen LogP contribution in [0, 0.1) is 0 Å². The van der Waals surface area contributed by atoms with E-state index in [2.05, 4.69) is 10.6 Å². The Kier molecular flexibility index (Phi) is 4.89. The summed E-state index contributed by atoms with van der Waals surface area (Å²) in [7, 11) is 0. The van der Waals surface area contributed by atoms with Gasteiger partial charge in [-0.25, -0.2) is 0 Å². The predicted octanol–water partition coefficient (Wildman–Crippen LogP) is 1.43. The fourth-order valence-corrected chi connectivity index (χ4v) is 3.44. The molecule has 0 aromatic heterocycles. The molecule has 2 aliphatic rings. The molecule has 140 valence electrons. The minimum absolute atomic E-state index is 0.0100. The zero-order valence-electron chi connectivity index (χ0n) is 15.4. The number of carbonyl (C=O) groups is 3. The molecule has 26 heavy (non-hydrogen) atoms. The van der Waals surface area contributed by atoms with E-state index in [1.165, 1.54) is 0 Å². The van der Waals surface area contributed by atoms with Crippen molar-refractivity contribution >= 4 is 17.7 Å². The van der Waals surface area contributed by atoms with Gasteiger partial charge in [0.1, 0.15) is 11.8 Å². The Bertz CT molecular complexity index is 733. The molecule has 0 bridgehead atoms. The molecule has 0 unspecified atom stereocenters. The molecule has 1 aromatic rings. The zero-order valence-corrected chi connectivity index (χ0v) is 15.4. The Labute approximate surface area is 153 Å². The molecule has 3 amide bonds. The van der Waals surface area contributed by atoms with Gasteiger partial charge in [0, 0.05) is 31.8 Å². The molecule has 2 aliphatic heterocycles. The third-order valence-corrected chi connectivity index (χ3v) is 4.88. The number of benzene rings is 1. The molecular formula is C19H25N3O4. The quantitative estimate of drug-likeness (QED) is 0.855. The average molecular weight is 359 g/mol. The van der Waals surface area contributed by atoms with E-state index in [0.717, 1.165) is 0 Å². The Balaban J connectivity index is 1.76. The van der Waals surface area contributed by atoms with E-state index < -0.39 is 11.8 Å². The molecular weight excluding hydrogens is 334 g/mol. The van der Waals surface area contributed by atoms with Crippen molar-refractivity contribution in [3.05, 3.63) is 29.8 Å². The number of para-hydroxylation sites is 1. The van der Waals surface area contributed by atoms with E-state index in [-0.39, 0.29) is 30.2 Å². The summed E-state index contributed by atoms with van der Waals surface area (Å²) in [4.78, 5) is 38.9. The average Bonchev–Trinajstić information content (AvgIpc) is 2.73. The number of fused-ring (bicyclic) bond motifs is 1. The zero-order chi connectivity index (χ0) is 18.9. The van der Waals surface area contributed by atoms with Crippen LogP contribution in [0.15, 0.2) is 24.3 Å². The van der Waals surface area contributed by atoms with E-state index in [1.54, 1.807) is 30.0 Å². The normalized spacial score (nSPS) is 23.8. The number of rotatable bonds is 3. The molecule has 7 nitrogen and oxygen atoms in total. The van der Waals surface area contributed by atoms with Gasteiger partial charge < -0.3 is 20.3 Å². The first-order valence-corrected chi connectivity index (χ1v) is 9.02. The Hall–Kier alpha value is -2.57. The molecule has 1 aromatic carbocycles. The second-order valence-corrected chi connectivity index (χ2v) is 7.22. The second-order valence-electron chi connectivity index (χ2n) is 7.22. The number of nitrogens with zero attached hydrogens (tertiary/aromatic N) is 1. The largest absolute Gasteiger partial charge is 0.467 e. The van der Waals surface area contributed by atoms with Crippen molar-refractivity contribution in [3.8, 4) is 5.75 Å². The molecule has 1 saturated heterocycles. The first-order valence-electron chi connectivity index (χ1n) is 9.02. The van der Waals surface area contributed by atoms with Crippen molar-refractivity contribution in [2.24, 2.45) is 0 Å². The molecule has 1 spiro atoms. The Morgan fingerprint density at radius 1 is 1.23 bits per heavy atom. The van der Waals surface area contributed by atoms with Crippen LogP contribution >= 0.6 is 0 Å². The molecule has 0 aliphatic carbocycles. The highest BCUT2D eigenvalue weighted by molar-refractivity contribution is 5.98. The first-order chi connectivity index (χ1) is 12.3. The van der Waals surface area contributed by atoms with Crippen molar-refractivity contribution in [2.75, 3.05) is 6.54 Å². The van der Waals surface area contributed by atoms with E-state index in [9.17, 15) is 14.4 Å². The smallest absolute Gasteiger partial charge is 0.258 e.